The third kappa shape index (κ3) is 4.26. The number of carbonyl (C=O) groups is 1. The maximum absolute atomic E-state index is 11.2. The third-order valence-electron chi connectivity index (χ3n) is 3.27. The molecule has 0 aromatic carbocycles. The summed E-state index contributed by atoms with van der Waals surface area (Å²) in [4.78, 5) is 11.2. The van der Waals surface area contributed by atoms with Gasteiger partial charge in [0.25, 0.3) is 0 Å². The van der Waals surface area contributed by atoms with Crippen molar-refractivity contribution < 1.29 is 31.0 Å². The van der Waals surface area contributed by atoms with Crippen molar-refractivity contribution >= 4 is 5.97 Å². The lowest BCUT2D eigenvalue weighted by Crippen LogP contribution is -3.00. The molecule has 96 valence electrons. The van der Waals surface area contributed by atoms with Crippen LogP contribution in [0, 0.1) is 0 Å². The largest absolute Gasteiger partial charge is 1.00 e. The normalized spacial score (nSPS) is 12.5. The predicted octanol–water partition coefficient (Wildman–Crippen LogP) is -0.668. The highest BCUT2D eigenvalue weighted by atomic mass is 79.9. The van der Waals surface area contributed by atoms with E-state index in [2.05, 4.69) is 34.3 Å². The summed E-state index contributed by atoms with van der Waals surface area (Å²) < 4.78 is 6.23. The van der Waals surface area contributed by atoms with Gasteiger partial charge in [0.15, 0.2) is 0 Å². The van der Waals surface area contributed by atoms with Crippen LogP contribution >= 0.6 is 0 Å². The van der Waals surface area contributed by atoms with Gasteiger partial charge in [-0.05, 0) is 20.8 Å². The van der Waals surface area contributed by atoms with Crippen molar-refractivity contribution in [1.29, 1.82) is 0 Å². The van der Waals surface area contributed by atoms with Crippen LogP contribution in [0.1, 0.15) is 34.1 Å². The SMILES string of the molecule is C=CC(=O)OC(CC)[N+](CC)(CC)CC.[Br-]. The summed E-state index contributed by atoms with van der Waals surface area (Å²) in [5.74, 6) is -0.320. The van der Waals surface area contributed by atoms with Crippen LogP contribution in [-0.4, -0.2) is 36.3 Å². The quantitative estimate of drug-likeness (QED) is 0.269. The Morgan fingerprint density at radius 1 is 1.25 bits per heavy atom. The minimum Gasteiger partial charge on any atom is -1.00 e. The van der Waals surface area contributed by atoms with E-state index >= 15 is 0 Å². The molecule has 0 aromatic heterocycles. The molecule has 0 rings (SSSR count). The molecule has 1 atom stereocenters. The van der Waals surface area contributed by atoms with Crippen LogP contribution in [0.4, 0.5) is 0 Å². The van der Waals surface area contributed by atoms with Gasteiger partial charge in [0.1, 0.15) is 0 Å². The van der Waals surface area contributed by atoms with Crippen molar-refractivity contribution in [3.8, 4) is 0 Å². The number of esters is 1. The summed E-state index contributed by atoms with van der Waals surface area (Å²) in [5, 5.41) is 0. The molecular formula is C12H24BrNO2. The number of hydrogen-bond acceptors (Lipinski definition) is 2. The molecule has 0 heterocycles. The molecule has 16 heavy (non-hydrogen) atoms. The van der Waals surface area contributed by atoms with Crippen molar-refractivity contribution in [2.75, 3.05) is 19.6 Å². The Balaban J connectivity index is 0. The van der Waals surface area contributed by atoms with E-state index in [1.165, 1.54) is 6.08 Å². The van der Waals surface area contributed by atoms with Crippen LogP contribution in [0.25, 0.3) is 0 Å². The van der Waals surface area contributed by atoms with E-state index in [0.717, 1.165) is 30.5 Å². The number of nitrogens with zero attached hydrogens (tertiary/aromatic N) is 1. The van der Waals surface area contributed by atoms with E-state index in [-0.39, 0.29) is 29.2 Å². The summed E-state index contributed by atoms with van der Waals surface area (Å²) in [6.45, 7) is 14.8. The molecule has 1 unspecified atom stereocenters. The monoisotopic (exact) mass is 293 g/mol. The Bertz CT molecular complexity index is 207. The molecule has 0 aliphatic rings. The Kier molecular flexibility index (Phi) is 9.87. The fourth-order valence-corrected chi connectivity index (χ4v) is 2.05. The Morgan fingerprint density at radius 2 is 1.69 bits per heavy atom. The van der Waals surface area contributed by atoms with Crippen molar-refractivity contribution in [2.24, 2.45) is 0 Å². The number of carbonyl (C=O) groups excluding carboxylic acids is 1. The van der Waals surface area contributed by atoms with E-state index in [1.54, 1.807) is 0 Å². The zero-order valence-corrected chi connectivity index (χ0v) is 12.4. The number of halogens is 1. The second-order valence-electron chi connectivity index (χ2n) is 3.67. The van der Waals surface area contributed by atoms with Crippen LogP contribution in [0.3, 0.4) is 0 Å². The Morgan fingerprint density at radius 3 is 1.94 bits per heavy atom. The first-order valence-electron chi connectivity index (χ1n) is 5.78. The van der Waals surface area contributed by atoms with Gasteiger partial charge in [0.05, 0.1) is 19.6 Å². The summed E-state index contributed by atoms with van der Waals surface area (Å²) in [6.07, 6.45) is 2.03. The maximum atomic E-state index is 11.2. The van der Waals surface area contributed by atoms with Gasteiger partial charge in [-0.3, -0.25) is 4.48 Å². The average Bonchev–Trinajstić information content (AvgIpc) is 2.29. The molecule has 0 radical (unpaired) electrons. The smallest absolute Gasteiger partial charge is 0.334 e. The third-order valence-corrected chi connectivity index (χ3v) is 3.27. The molecule has 0 saturated carbocycles. The second-order valence-corrected chi connectivity index (χ2v) is 3.67. The van der Waals surface area contributed by atoms with E-state index in [0.29, 0.717) is 0 Å². The molecule has 0 N–H and O–H groups in total. The zero-order valence-electron chi connectivity index (χ0n) is 10.8. The van der Waals surface area contributed by atoms with Gasteiger partial charge in [0, 0.05) is 12.5 Å². The van der Waals surface area contributed by atoms with Gasteiger partial charge < -0.3 is 21.7 Å². The Labute approximate surface area is 110 Å². The van der Waals surface area contributed by atoms with Gasteiger partial charge in [-0.2, -0.15) is 0 Å². The van der Waals surface area contributed by atoms with Gasteiger partial charge in [-0.1, -0.05) is 13.5 Å². The van der Waals surface area contributed by atoms with E-state index in [4.69, 9.17) is 4.74 Å². The highest BCUT2D eigenvalue weighted by molar-refractivity contribution is 5.81. The number of ether oxygens (including phenoxy) is 1. The fraction of sp³-hybridized carbons (Fsp3) is 0.750. The van der Waals surface area contributed by atoms with Crippen LogP contribution in [0.2, 0.25) is 0 Å². The molecule has 0 amide bonds. The first-order chi connectivity index (χ1) is 7.10. The molecule has 0 bridgehead atoms. The molecule has 0 aliphatic heterocycles. The van der Waals surface area contributed by atoms with Crippen LogP contribution in [0.5, 0.6) is 0 Å². The van der Waals surface area contributed by atoms with E-state index in [9.17, 15) is 4.79 Å². The Hall–Kier alpha value is -0.350. The highest BCUT2D eigenvalue weighted by Crippen LogP contribution is 2.17. The number of quaternary nitrogens is 1. The lowest BCUT2D eigenvalue weighted by atomic mass is 10.2. The minimum atomic E-state index is -0.320. The fourth-order valence-electron chi connectivity index (χ4n) is 2.05. The van der Waals surface area contributed by atoms with Crippen molar-refractivity contribution in [3.63, 3.8) is 0 Å². The highest BCUT2D eigenvalue weighted by Gasteiger charge is 2.33. The molecule has 3 nitrogen and oxygen atoms in total. The van der Waals surface area contributed by atoms with Crippen LogP contribution in [0.15, 0.2) is 12.7 Å². The van der Waals surface area contributed by atoms with Gasteiger partial charge in [0.2, 0.25) is 6.23 Å². The predicted molar refractivity (Wildman–Crippen MR) is 62.3 cm³/mol. The maximum Gasteiger partial charge on any atom is 0.334 e. The topological polar surface area (TPSA) is 26.3 Å². The molecule has 0 aliphatic carbocycles. The minimum absolute atomic E-state index is 0. The molecular weight excluding hydrogens is 270 g/mol. The molecule has 0 fully saturated rings. The number of hydrogen-bond donors (Lipinski definition) is 0. The summed E-state index contributed by atoms with van der Waals surface area (Å²) in [7, 11) is 0. The summed E-state index contributed by atoms with van der Waals surface area (Å²) in [6, 6.07) is 0. The van der Waals surface area contributed by atoms with Crippen molar-refractivity contribution in [2.45, 2.75) is 40.3 Å². The molecule has 0 saturated heterocycles. The molecule has 0 spiro atoms. The van der Waals surface area contributed by atoms with Crippen LogP contribution in [-0.2, 0) is 9.53 Å². The van der Waals surface area contributed by atoms with Crippen molar-refractivity contribution in [1.82, 2.24) is 0 Å². The van der Waals surface area contributed by atoms with E-state index < -0.39 is 0 Å². The molecule has 4 heteroatoms. The van der Waals surface area contributed by atoms with Crippen LogP contribution < -0.4 is 17.0 Å². The van der Waals surface area contributed by atoms with Crippen molar-refractivity contribution in [3.05, 3.63) is 12.7 Å². The second kappa shape index (κ2) is 8.76. The van der Waals surface area contributed by atoms with Gasteiger partial charge in [-0.15, -0.1) is 0 Å². The van der Waals surface area contributed by atoms with Gasteiger partial charge in [-0.25, -0.2) is 4.79 Å². The lowest BCUT2D eigenvalue weighted by Gasteiger charge is -2.41. The first-order valence-corrected chi connectivity index (χ1v) is 5.78. The zero-order chi connectivity index (χ0) is 11.9. The van der Waals surface area contributed by atoms with E-state index in [1.807, 2.05) is 0 Å². The standard InChI is InChI=1S/C12H24NO2.BrH/c1-6-11(15-12(14)7-2)13(8-3,9-4)10-5;/h7,11H,2,6,8-10H2,1,3-5H3;1H/q+1;/p-1. The van der Waals surface area contributed by atoms with Gasteiger partial charge >= 0.3 is 5.97 Å². The summed E-state index contributed by atoms with van der Waals surface area (Å²) >= 11 is 0. The first kappa shape index (κ1) is 18.0. The lowest BCUT2D eigenvalue weighted by molar-refractivity contribution is -0.965. The number of rotatable bonds is 7. The summed E-state index contributed by atoms with van der Waals surface area (Å²) in [5.41, 5.74) is 0. The molecule has 0 aromatic rings. The average molecular weight is 294 g/mol.